The van der Waals surface area contributed by atoms with Crippen LogP contribution in [0.5, 0.6) is 0 Å². The van der Waals surface area contributed by atoms with Crippen LogP contribution >= 0.6 is 0 Å². The highest BCUT2D eigenvalue weighted by Gasteiger charge is 2.31. The van der Waals surface area contributed by atoms with E-state index in [2.05, 4.69) is 22.0 Å². The molecule has 2 amide bonds. The molecule has 3 heterocycles. The van der Waals surface area contributed by atoms with Crippen LogP contribution in [-0.2, 0) is 0 Å². The average molecular weight is 421 g/mol. The second-order valence-corrected chi connectivity index (χ2v) is 8.07. The van der Waals surface area contributed by atoms with Gasteiger partial charge in [-0.25, -0.2) is 9.50 Å². The summed E-state index contributed by atoms with van der Waals surface area (Å²) in [6.45, 7) is 7.78. The highest BCUT2D eigenvalue weighted by Crippen LogP contribution is 2.21. The van der Waals surface area contributed by atoms with Gasteiger partial charge in [0.2, 0.25) is 5.82 Å². The first-order chi connectivity index (χ1) is 15.0. The number of carbonyl (C=O) groups is 2. The lowest BCUT2D eigenvalue weighted by Crippen LogP contribution is -2.49. The minimum atomic E-state index is -0.169. The third-order valence-electron chi connectivity index (χ3n) is 5.75. The van der Waals surface area contributed by atoms with E-state index in [0.29, 0.717) is 31.0 Å². The highest BCUT2D eigenvalue weighted by molar-refractivity contribution is 5.94. The number of amides is 2. The van der Waals surface area contributed by atoms with Gasteiger partial charge in [0, 0.05) is 42.6 Å². The molecule has 0 spiro atoms. The lowest BCUT2D eigenvalue weighted by molar-refractivity contribution is 0.0511. The van der Waals surface area contributed by atoms with E-state index in [1.54, 1.807) is 4.52 Å². The van der Waals surface area contributed by atoms with Crippen molar-refractivity contribution < 1.29 is 9.59 Å². The largest absolute Gasteiger partial charge is 0.338 e. The van der Waals surface area contributed by atoms with E-state index in [4.69, 9.17) is 0 Å². The van der Waals surface area contributed by atoms with E-state index in [-0.39, 0.29) is 23.7 Å². The lowest BCUT2D eigenvalue weighted by atomic mass is 10.0. The third kappa shape index (κ3) is 4.28. The SMILES string of the molecule is CCCN(C(=O)c1nc2nc(C)cc(C)n2n1)C1CCN(C(=O)c2ccccc2)CC1. The quantitative estimate of drug-likeness (QED) is 0.634. The molecule has 8 nitrogen and oxygen atoms in total. The Labute approximate surface area is 181 Å². The second-order valence-electron chi connectivity index (χ2n) is 8.07. The molecule has 1 aromatic carbocycles. The van der Waals surface area contributed by atoms with Crippen molar-refractivity contribution in [2.75, 3.05) is 19.6 Å². The molecular weight excluding hydrogens is 392 g/mol. The molecule has 2 aromatic heterocycles. The summed E-state index contributed by atoms with van der Waals surface area (Å²) in [5.74, 6) is 0.501. The first kappa shape index (κ1) is 21.0. The van der Waals surface area contributed by atoms with Gasteiger partial charge in [-0.1, -0.05) is 25.1 Å². The third-order valence-corrected chi connectivity index (χ3v) is 5.75. The van der Waals surface area contributed by atoms with Crippen LogP contribution in [0.1, 0.15) is 58.6 Å². The fraction of sp³-hybridized carbons (Fsp3) is 0.435. The van der Waals surface area contributed by atoms with Crippen molar-refractivity contribution in [1.29, 1.82) is 0 Å². The molecule has 8 heteroatoms. The molecule has 4 rings (SSSR count). The Morgan fingerprint density at radius 2 is 1.81 bits per heavy atom. The van der Waals surface area contributed by atoms with Gasteiger partial charge in [-0.15, -0.1) is 5.10 Å². The van der Waals surface area contributed by atoms with Gasteiger partial charge in [-0.05, 0) is 51.3 Å². The fourth-order valence-electron chi connectivity index (χ4n) is 4.22. The number of benzene rings is 1. The number of likely N-dealkylation sites (tertiary alicyclic amines) is 1. The van der Waals surface area contributed by atoms with Crippen LogP contribution in [0.25, 0.3) is 5.78 Å². The average Bonchev–Trinajstić information content (AvgIpc) is 3.22. The van der Waals surface area contributed by atoms with Gasteiger partial charge in [-0.3, -0.25) is 9.59 Å². The number of rotatable bonds is 5. The Kier molecular flexibility index (Phi) is 5.97. The first-order valence-corrected chi connectivity index (χ1v) is 10.8. The Bertz CT molecular complexity index is 1090. The van der Waals surface area contributed by atoms with Gasteiger partial charge in [0.25, 0.3) is 17.6 Å². The number of nitrogens with zero attached hydrogens (tertiary/aromatic N) is 6. The molecule has 3 aromatic rings. The summed E-state index contributed by atoms with van der Waals surface area (Å²) in [6, 6.07) is 11.3. The van der Waals surface area contributed by atoms with Gasteiger partial charge in [-0.2, -0.15) is 4.98 Å². The van der Waals surface area contributed by atoms with Gasteiger partial charge in [0.1, 0.15) is 0 Å². The normalized spacial score (nSPS) is 14.7. The number of hydrogen-bond acceptors (Lipinski definition) is 5. The van der Waals surface area contributed by atoms with E-state index in [0.717, 1.165) is 30.7 Å². The number of hydrogen-bond donors (Lipinski definition) is 0. The maximum absolute atomic E-state index is 13.3. The zero-order valence-electron chi connectivity index (χ0n) is 18.3. The summed E-state index contributed by atoms with van der Waals surface area (Å²) < 4.78 is 1.62. The van der Waals surface area contributed by atoms with Crippen LogP contribution < -0.4 is 0 Å². The molecule has 0 unspecified atom stereocenters. The van der Waals surface area contributed by atoms with E-state index in [1.807, 2.05) is 60.0 Å². The van der Waals surface area contributed by atoms with Crippen LogP contribution in [0.2, 0.25) is 0 Å². The summed E-state index contributed by atoms with van der Waals surface area (Å²) in [5, 5.41) is 4.42. The maximum Gasteiger partial charge on any atom is 0.293 e. The minimum Gasteiger partial charge on any atom is -0.338 e. The standard InChI is InChI=1S/C23H28N6O2/c1-4-12-28(22(31)20-25-23-24-16(2)15-17(3)29(23)26-20)19-10-13-27(14-11-19)21(30)18-8-6-5-7-9-18/h5-9,15,19H,4,10-14H2,1-3H3. The molecular formula is C23H28N6O2. The van der Waals surface area contributed by atoms with E-state index in [9.17, 15) is 9.59 Å². The van der Waals surface area contributed by atoms with Crippen molar-refractivity contribution in [3.8, 4) is 0 Å². The first-order valence-electron chi connectivity index (χ1n) is 10.8. The highest BCUT2D eigenvalue weighted by atomic mass is 16.2. The summed E-state index contributed by atoms with van der Waals surface area (Å²) in [7, 11) is 0. The number of aromatic nitrogens is 4. The Morgan fingerprint density at radius 3 is 2.48 bits per heavy atom. The summed E-state index contributed by atoms with van der Waals surface area (Å²) in [4.78, 5) is 38.6. The molecule has 1 aliphatic heterocycles. The van der Waals surface area contributed by atoms with Gasteiger partial charge in [0.05, 0.1) is 0 Å². The molecule has 0 atom stereocenters. The second kappa shape index (κ2) is 8.83. The van der Waals surface area contributed by atoms with Crippen molar-refractivity contribution in [2.24, 2.45) is 0 Å². The molecule has 1 fully saturated rings. The number of fused-ring (bicyclic) bond motifs is 1. The van der Waals surface area contributed by atoms with Crippen molar-refractivity contribution in [2.45, 2.75) is 46.1 Å². The monoisotopic (exact) mass is 420 g/mol. The van der Waals surface area contributed by atoms with E-state index >= 15 is 0 Å². The number of carbonyl (C=O) groups excluding carboxylic acids is 2. The smallest absolute Gasteiger partial charge is 0.293 e. The van der Waals surface area contributed by atoms with Crippen molar-refractivity contribution in [3.05, 3.63) is 59.2 Å². The van der Waals surface area contributed by atoms with Crippen molar-refractivity contribution >= 4 is 17.6 Å². The number of piperidine rings is 1. The molecule has 0 radical (unpaired) electrons. The summed E-state index contributed by atoms with van der Waals surface area (Å²) >= 11 is 0. The van der Waals surface area contributed by atoms with Crippen LogP contribution in [0.3, 0.4) is 0 Å². The molecule has 1 aliphatic rings. The van der Waals surface area contributed by atoms with Crippen LogP contribution in [-0.4, -0.2) is 66.9 Å². The fourth-order valence-corrected chi connectivity index (χ4v) is 4.22. The predicted octanol–water partition coefficient (Wildman–Crippen LogP) is 2.90. The zero-order valence-corrected chi connectivity index (χ0v) is 18.3. The molecule has 0 N–H and O–H groups in total. The predicted molar refractivity (Wildman–Crippen MR) is 117 cm³/mol. The molecule has 31 heavy (non-hydrogen) atoms. The topological polar surface area (TPSA) is 83.7 Å². The molecule has 0 aliphatic carbocycles. The summed E-state index contributed by atoms with van der Waals surface area (Å²) in [5.41, 5.74) is 2.44. The minimum absolute atomic E-state index is 0.0476. The summed E-state index contributed by atoms with van der Waals surface area (Å²) in [6.07, 6.45) is 2.33. The van der Waals surface area contributed by atoms with E-state index in [1.165, 1.54) is 0 Å². The van der Waals surface area contributed by atoms with Crippen LogP contribution in [0.4, 0.5) is 0 Å². The van der Waals surface area contributed by atoms with Crippen molar-refractivity contribution in [3.63, 3.8) is 0 Å². The maximum atomic E-state index is 13.3. The molecule has 0 saturated carbocycles. The van der Waals surface area contributed by atoms with Gasteiger partial charge in [0.15, 0.2) is 0 Å². The van der Waals surface area contributed by atoms with Crippen LogP contribution in [0, 0.1) is 13.8 Å². The molecule has 1 saturated heterocycles. The Balaban J connectivity index is 1.49. The van der Waals surface area contributed by atoms with Crippen LogP contribution in [0.15, 0.2) is 36.4 Å². The van der Waals surface area contributed by atoms with Gasteiger partial charge >= 0.3 is 0 Å². The zero-order chi connectivity index (χ0) is 22.0. The van der Waals surface area contributed by atoms with Gasteiger partial charge < -0.3 is 9.80 Å². The lowest BCUT2D eigenvalue weighted by Gasteiger charge is -2.38. The number of aryl methyl sites for hydroxylation is 2. The molecule has 0 bridgehead atoms. The van der Waals surface area contributed by atoms with E-state index < -0.39 is 0 Å². The Morgan fingerprint density at radius 1 is 1.10 bits per heavy atom. The van der Waals surface area contributed by atoms with Crippen molar-refractivity contribution in [1.82, 2.24) is 29.4 Å². The Hall–Kier alpha value is -3.29. The molecule has 162 valence electrons.